The molecule has 4 rings (SSSR count). The molecule has 0 atom stereocenters. The molecule has 1 aliphatic rings. The van der Waals surface area contributed by atoms with Gasteiger partial charge in [0, 0.05) is 42.4 Å². The van der Waals surface area contributed by atoms with Gasteiger partial charge in [-0.15, -0.1) is 0 Å². The van der Waals surface area contributed by atoms with Gasteiger partial charge >= 0.3 is 5.97 Å². The highest BCUT2D eigenvalue weighted by atomic mass is 35.5. The van der Waals surface area contributed by atoms with Crippen molar-refractivity contribution in [1.82, 2.24) is 15.3 Å². The van der Waals surface area contributed by atoms with Crippen LogP contribution in [-0.4, -0.2) is 34.6 Å². The van der Waals surface area contributed by atoms with Crippen LogP contribution in [0.3, 0.4) is 0 Å². The zero-order valence-electron chi connectivity index (χ0n) is 19.4. The lowest BCUT2D eigenvalue weighted by atomic mass is 9.89. The van der Waals surface area contributed by atoms with Crippen molar-refractivity contribution in [3.63, 3.8) is 0 Å². The SMILES string of the molecule is C=CC(=O)Oc1ccccc1CNC1(C)CCN(c2cnc(-c3cccc(Cl)c3Cl)c(N)n2)CC1. The van der Waals surface area contributed by atoms with Crippen LogP contribution in [0.4, 0.5) is 11.6 Å². The fraction of sp³-hybridized carbons (Fsp3) is 0.269. The molecule has 2 heterocycles. The normalized spacial score (nSPS) is 15.0. The third-order valence-electron chi connectivity index (χ3n) is 6.24. The molecule has 7 nitrogen and oxygen atoms in total. The number of nitrogens with zero attached hydrogens (tertiary/aromatic N) is 3. The molecular formula is C26H27Cl2N5O2. The molecule has 0 bridgehead atoms. The van der Waals surface area contributed by atoms with E-state index in [-0.39, 0.29) is 5.54 Å². The molecule has 0 aliphatic carbocycles. The molecule has 2 aromatic carbocycles. The largest absolute Gasteiger partial charge is 0.423 e. The van der Waals surface area contributed by atoms with Crippen LogP contribution in [0.25, 0.3) is 11.3 Å². The van der Waals surface area contributed by atoms with Crippen molar-refractivity contribution in [2.24, 2.45) is 0 Å². The number of para-hydroxylation sites is 1. The Hall–Kier alpha value is -3.13. The minimum Gasteiger partial charge on any atom is -0.423 e. The molecule has 182 valence electrons. The molecule has 1 fully saturated rings. The maximum absolute atomic E-state index is 11.6. The third-order valence-corrected chi connectivity index (χ3v) is 7.06. The topological polar surface area (TPSA) is 93.4 Å². The molecule has 1 aliphatic heterocycles. The van der Waals surface area contributed by atoms with Gasteiger partial charge in [-0.3, -0.25) is 0 Å². The molecule has 0 saturated carbocycles. The van der Waals surface area contributed by atoms with Gasteiger partial charge in [0.25, 0.3) is 0 Å². The summed E-state index contributed by atoms with van der Waals surface area (Å²) in [4.78, 5) is 22.9. The number of carbonyl (C=O) groups is 1. The van der Waals surface area contributed by atoms with Gasteiger partial charge in [-0.1, -0.05) is 60.1 Å². The molecule has 3 N–H and O–H groups in total. The number of anilines is 2. The first kappa shape index (κ1) is 25.0. The number of carbonyl (C=O) groups excluding carboxylic acids is 1. The lowest BCUT2D eigenvalue weighted by molar-refractivity contribution is -0.129. The lowest BCUT2D eigenvalue weighted by Crippen LogP contribution is -2.51. The van der Waals surface area contributed by atoms with E-state index in [1.165, 1.54) is 0 Å². The molecular weight excluding hydrogens is 485 g/mol. The van der Waals surface area contributed by atoms with Crippen LogP contribution in [0.15, 0.2) is 61.3 Å². The summed E-state index contributed by atoms with van der Waals surface area (Å²) in [7, 11) is 0. The Morgan fingerprint density at radius 1 is 1.23 bits per heavy atom. The lowest BCUT2D eigenvalue weighted by Gasteiger charge is -2.40. The minimum absolute atomic E-state index is 0.0840. The molecule has 0 unspecified atom stereocenters. The number of rotatable bonds is 7. The van der Waals surface area contributed by atoms with Crippen LogP contribution in [0, 0.1) is 0 Å². The molecule has 9 heteroatoms. The van der Waals surface area contributed by atoms with Gasteiger partial charge in [0.2, 0.25) is 0 Å². The van der Waals surface area contributed by atoms with E-state index in [0.717, 1.165) is 43.4 Å². The quantitative estimate of drug-likeness (QED) is 0.253. The second-order valence-electron chi connectivity index (χ2n) is 8.70. The van der Waals surface area contributed by atoms with Gasteiger partial charge in [-0.2, -0.15) is 0 Å². The second kappa shape index (κ2) is 10.6. The van der Waals surface area contributed by atoms with E-state index in [4.69, 9.17) is 33.7 Å². The average Bonchev–Trinajstić information content (AvgIpc) is 2.86. The molecule has 0 radical (unpaired) electrons. The summed E-state index contributed by atoms with van der Waals surface area (Å²) in [5.74, 6) is 1.11. The molecule has 0 spiro atoms. The number of nitrogen functional groups attached to an aromatic ring is 1. The number of ether oxygens (including phenoxy) is 1. The Bertz CT molecular complexity index is 1240. The first-order valence-electron chi connectivity index (χ1n) is 11.3. The minimum atomic E-state index is -0.471. The Morgan fingerprint density at radius 2 is 1.97 bits per heavy atom. The summed E-state index contributed by atoms with van der Waals surface area (Å²) in [5.41, 5.74) is 8.25. The van der Waals surface area contributed by atoms with Crippen LogP contribution in [0.2, 0.25) is 10.0 Å². The van der Waals surface area contributed by atoms with Crippen LogP contribution < -0.4 is 20.7 Å². The van der Waals surface area contributed by atoms with Crippen LogP contribution in [0.1, 0.15) is 25.3 Å². The molecule has 35 heavy (non-hydrogen) atoms. The fourth-order valence-electron chi connectivity index (χ4n) is 4.05. The summed E-state index contributed by atoms with van der Waals surface area (Å²) in [6.45, 7) is 7.83. The monoisotopic (exact) mass is 511 g/mol. The van der Waals surface area contributed by atoms with E-state index < -0.39 is 5.97 Å². The predicted molar refractivity (Wildman–Crippen MR) is 141 cm³/mol. The van der Waals surface area contributed by atoms with Gasteiger partial charge in [0.15, 0.2) is 5.82 Å². The standard InChI is InChI=1S/C26H27Cl2N5O2/c1-3-22(34)35-20-10-5-4-7-17(20)15-31-26(2)11-13-33(14-12-26)21-16-30-24(25(29)32-21)18-8-6-9-19(27)23(18)28/h3-10,16,31H,1,11-15H2,2H3,(H2,29,32). The van der Waals surface area contributed by atoms with E-state index in [1.807, 2.05) is 24.3 Å². The van der Waals surface area contributed by atoms with E-state index in [9.17, 15) is 4.79 Å². The number of hydrogen-bond acceptors (Lipinski definition) is 7. The van der Waals surface area contributed by atoms with E-state index >= 15 is 0 Å². The smallest absolute Gasteiger partial charge is 0.335 e. The Labute approximate surface area is 214 Å². The van der Waals surface area contributed by atoms with Gasteiger partial charge in [0.05, 0.1) is 16.2 Å². The van der Waals surface area contributed by atoms with Gasteiger partial charge in [-0.25, -0.2) is 14.8 Å². The van der Waals surface area contributed by atoms with Crippen LogP contribution in [-0.2, 0) is 11.3 Å². The van der Waals surface area contributed by atoms with Gasteiger partial charge in [0.1, 0.15) is 17.3 Å². The average molecular weight is 512 g/mol. The number of hydrogen-bond donors (Lipinski definition) is 2. The number of halogens is 2. The third kappa shape index (κ3) is 5.75. The number of aromatic nitrogens is 2. The maximum atomic E-state index is 11.6. The summed E-state index contributed by atoms with van der Waals surface area (Å²) in [6, 6.07) is 12.8. The van der Waals surface area contributed by atoms with Crippen molar-refractivity contribution in [1.29, 1.82) is 0 Å². The van der Waals surface area contributed by atoms with Crippen molar-refractivity contribution in [3.05, 3.63) is 76.9 Å². The fourth-order valence-corrected chi connectivity index (χ4v) is 4.44. The van der Waals surface area contributed by atoms with E-state index in [1.54, 1.807) is 24.4 Å². The van der Waals surface area contributed by atoms with Gasteiger partial charge < -0.3 is 20.7 Å². The number of benzene rings is 2. The first-order chi connectivity index (χ1) is 16.8. The first-order valence-corrected chi connectivity index (χ1v) is 12.0. The Kier molecular flexibility index (Phi) is 7.60. The summed E-state index contributed by atoms with van der Waals surface area (Å²) in [6.07, 6.45) is 4.67. The highest BCUT2D eigenvalue weighted by Crippen LogP contribution is 2.35. The Morgan fingerprint density at radius 3 is 2.69 bits per heavy atom. The summed E-state index contributed by atoms with van der Waals surface area (Å²) < 4.78 is 5.36. The van der Waals surface area contributed by atoms with Crippen molar-refractivity contribution in [2.75, 3.05) is 23.7 Å². The van der Waals surface area contributed by atoms with Crippen LogP contribution >= 0.6 is 23.2 Å². The van der Waals surface area contributed by atoms with Crippen molar-refractivity contribution in [3.8, 4) is 17.0 Å². The van der Waals surface area contributed by atoms with E-state index in [0.29, 0.717) is 39.4 Å². The maximum Gasteiger partial charge on any atom is 0.335 e. The number of nitrogens with one attached hydrogen (secondary N) is 1. The van der Waals surface area contributed by atoms with Crippen molar-refractivity contribution >= 4 is 40.8 Å². The van der Waals surface area contributed by atoms with E-state index in [2.05, 4.69) is 33.7 Å². The number of piperidine rings is 1. The number of esters is 1. The second-order valence-corrected chi connectivity index (χ2v) is 9.48. The van der Waals surface area contributed by atoms with Crippen molar-refractivity contribution < 1.29 is 9.53 Å². The Balaban J connectivity index is 1.40. The zero-order valence-corrected chi connectivity index (χ0v) is 20.9. The van der Waals surface area contributed by atoms with Crippen molar-refractivity contribution in [2.45, 2.75) is 31.8 Å². The predicted octanol–water partition coefficient (Wildman–Crippen LogP) is 5.27. The summed E-state index contributed by atoms with van der Waals surface area (Å²) >= 11 is 12.5. The zero-order chi connectivity index (χ0) is 25.0. The molecule has 1 aromatic heterocycles. The highest BCUT2D eigenvalue weighted by molar-refractivity contribution is 6.43. The highest BCUT2D eigenvalue weighted by Gasteiger charge is 2.30. The number of nitrogens with two attached hydrogens (primary N) is 1. The summed E-state index contributed by atoms with van der Waals surface area (Å²) in [5, 5.41) is 4.49. The van der Waals surface area contributed by atoms with Crippen LogP contribution in [0.5, 0.6) is 5.75 Å². The molecule has 0 amide bonds. The van der Waals surface area contributed by atoms with Gasteiger partial charge in [-0.05, 0) is 31.9 Å². The molecule has 1 saturated heterocycles. The molecule has 3 aromatic rings.